The Hall–Kier alpha value is -0.470. The molecule has 0 radical (unpaired) electrons. The fraction of sp³-hybridized carbons (Fsp3) is 0.571. The van der Waals surface area contributed by atoms with Crippen LogP contribution in [0.1, 0.15) is 31.7 Å². The van der Waals surface area contributed by atoms with Gasteiger partial charge in [-0.3, -0.25) is 0 Å². The first-order valence-electron chi connectivity index (χ1n) is 6.20. The molecule has 0 spiro atoms. The Morgan fingerprint density at radius 2 is 2.00 bits per heavy atom. The van der Waals surface area contributed by atoms with Crippen LogP contribution >= 0.6 is 11.8 Å². The van der Waals surface area contributed by atoms with Crippen molar-refractivity contribution in [2.45, 2.75) is 49.6 Å². The summed E-state index contributed by atoms with van der Waals surface area (Å²) in [6.07, 6.45) is 7.27. The van der Waals surface area contributed by atoms with Crippen molar-refractivity contribution in [3.05, 3.63) is 29.8 Å². The lowest BCUT2D eigenvalue weighted by Gasteiger charge is -2.16. The molecule has 2 heteroatoms. The number of nitrogens with one attached hydrogen (secondary N) is 1. The van der Waals surface area contributed by atoms with Crippen molar-refractivity contribution in [3.8, 4) is 0 Å². The minimum atomic E-state index is 0.660. The molecule has 1 aliphatic carbocycles. The molecule has 1 unspecified atom stereocenters. The van der Waals surface area contributed by atoms with E-state index >= 15 is 0 Å². The normalized spacial score (nSPS) is 17.4. The number of hydrogen-bond acceptors (Lipinski definition) is 2. The van der Waals surface area contributed by atoms with Crippen molar-refractivity contribution in [2.75, 3.05) is 6.26 Å². The Kier molecular flexibility index (Phi) is 4.30. The van der Waals surface area contributed by atoms with Gasteiger partial charge in [0, 0.05) is 17.0 Å². The Labute approximate surface area is 103 Å². The maximum Gasteiger partial charge on any atom is 0.0107 e. The Balaban J connectivity index is 1.89. The first kappa shape index (κ1) is 12.0. The highest BCUT2D eigenvalue weighted by Crippen LogP contribution is 2.21. The average molecular weight is 235 g/mol. The van der Waals surface area contributed by atoms with Crippen LogP contribution in [-0.4, -0.2) is 18.3 Å². The fourth-order valence-electron chi connectivity index (χ4n) is 1.95. The largest absolute Gasteiger partial charge is 0.311 e. The van der Waals surface area contributed by atoms with Crippen molar-refractivity contribution in [1.82, 2.24) is 5.32 Å². The third-order valence-electron chi connectivity index (χ3n) is 3.18. The lowest BCUT2D eigenvalue weighted by atomic mass is 10.0. The van der Waals surface area contributed by atoms with E-state index in [0.29, 0.717) is 6.04 Å². The van der Waals surface area contributed by atoms with Gasteiger partial charge in [0.15, 0.2) is 0 Å². The molecule has 0 bridgehead atoms. The molecular weight excluding hydrogens is 214 g/mol. The van der Waals surface area contributed by atoms with Crippen molar-refractivity contribution in [1.29, 1.82) is 0 Å². The van der Waals surface area contributed by atoms with Gasteiger partial charge in [-0.15, -0.1) is 11.8 Å². The molecule has 1 N–H and O–H groups in total. The monoisotopic (exact) mass is 235 g/mol. The summed E-state index contributed by atoms with van der Waals surface area (Å²) in [4.78, 5) is 1.35. The summed E-state index contributed by atoms with van der Waals surface area (Å²) in [5, 5.41) is 3.71. The molecule has 88 valence electrons. The van der Waals surface area contributed by atoms with Gasteiger partial charge < -0.3 is 5.32 Å². The van der Waals surface area contributed by atoms with Gasteiger partial charge in [0.05, 0.1) is 0 Å². The maximum absolute atomic E-state index is 3.71. The van der Waals surface area contributed by atoms with E-state index in [0.717, 1.165) is 6.04 Å². The summed E-state index contributed by atoms with van der Waals surface area (Å²) in [6, 6.07) is 10.5. The van der Waals surface area contributed by atoms with Gasteiger partial charge in [-0.25, -0.2) is 0 Å². The van der Waals surface area contributed by atoms with E-state index in [2.05, 4.69) is 42.8 Å². The second-order valence-electron chi connectivity index (χ2n) is 4.60. The van der Waals surface area contributed by atoms with E-state index in [1.54, 1.807) is 0 Å². The van der Waals surface area contributed by atoms with Gasteiger partial charge >= 0.3 is 0 Å². The highest BCUT2D eigenvalue weighted by atomic mass is 32.2. The molecule has 1 atom stereocenters. The summed E-state index contributed by atoms with van der Waals surface area (Å²) < 4.78 is 0. The van der Waals surface area contributed by atoms with Crippen molar-refractivity contribution in [2.24, 2.45) is 0 Å². The van der Waals surface area contributed by atoms with E-state index in [-0.39, 0.29) is 0 Å². The van der Waals surface area contributed by atoms with Crippen LogP contribution in [0, 0.1) is 0 Å². The highest BCUT2D eigenvalue weighted by Gasteiger charge is 2.23. The third kappa shape index (κ3) is 3.53. The molecule has 2 rings (SSSR count). The summed E-state index contributed by atoms with van der Waals surface area (Å²) in [5.41, 5.74) is 1.46. The zero-order valence-corrected chi connectivity index (χ0v) is 11.0. The van der Waals surface area contributed by atoms with E-state index in [1.807, 2.05) is 11.8 Å². The molecule has 0 aliphatic heterocycles. The van der Waals surface area contributed by atoms with E-state index < -0.39 is 0 Å². The van der Waals surface area contributed by atoms with Crippen LogP contribution < -0.4 is 5.32 Å². The number of rotatable bonds is 6. The molecule has 1 fully saturated rings. The zero-order valence-electron chi connectivity index (χ0n) is 10.2. The lowest BCUT2D eigenvalue weighted by molar-refractivity contribution is 0.492. The van der Waals surface area contributed by atoms with Crippen molar-refractivity contribution in [3.63, 3.8) is 0 Å². The van der Waals surface area contributed by atoms with Gasteiger partial charge in [0.2, 0.25) is 0 Å². The maximum atomic E-state index is 3.71. The minimum absolute atomic E-state index is 0.660. The van der Waals surface area contributed by atoms with Crippen LogP contribution in [0.15, 0.2) is 29.2 Å². The van der Waals surface area contributed by atoms with Gasteiger partial charge in [-0.05, 0) is 49.6 Å². The lowest BCUT2D eigenvalue weighted by Crippen LogP contribution is -2.32. The molecule has 0 amide bonds. The molecular formula is C14H21NS. The van der Waals surface area contributed by atoms with Gasteiger partial charge in [0.1, 0.15) is 0 Å². The molecule has 0 aromatic heterocycles. The summed E-state index contributed by atoms with van der Waals surface area (Å²) in [5.74, 6) is 0. The molecule has 1 aromatic carbocycles. The standard InChI is InChI=1S/C14H21NS/c1-3-12(15-13-6-7-13)10-11-4-8-14(16-2)9-5-11/h4-5,8-9,12-13,15H,3,6-7,10H2,1-2H3. The molecule has 16 heavy (non-hydrogen) atoms. The minimum Gasteiger partial charge on any atom is -0.311 e. The predicted molar refractivity (Wildman–Crippen MR) is 72.2 cm³/mol. The second-order valence-corrected chi connectivity index (χ2v) is 5.48. The zero-order chi connectivity index (χ0) is 11.4. The van der Waals surface area contributed by atoms with Crippen LogP contribution in [0.25, 0.3) is 0 Å². The van der Waals surface area contributed by atoms with Crippen LogP contribution in [0.4, 0.5) is 0 Å². The predicted octanol–water partition coefficient (Wildman–Crippen LogP) is 3.48. The Morgan fingerprint density at radius 1 is 1.31 bits per heavy atom. The van der Waals surface area contributed by atoms with Crippen LogP contribution in [-0.2, 0) is 6.42 Å². The van der Waals surface area contributed by atoms with E-state index in [9.17, 15) is 0 Å². The van der Waals surface area contributed by atoms with E-state index in [1.165, 1.54) is 36.1 Å². The molecule has 0 saturated heterocycles. The summed E-state index contributed by atoms with van der Waals surface area (Å²) in [6.45, 7) is 2.27. The highest BCUT2D eigenvalue weighted by molar-refractivity contribution is 7.98. The van der Waals surface area contributed by atoms with Gasteiger partial charge in [-0.2, -0.15) is 0 Å². The SMILES string of the molecule is CCC(Cc1ccc(SC)cc1)NC1CC1. The first-order chi connectivity index (χ1) is 7.81. The Bertz CT molecular complexity index is 316. The topological polar surface area (TPSA) is 12.0 Å². The molecule has 1 saturated carbocycles. The first-order valence-corrected chi connectivity index (χ1v) is 7.43. The number of hydrogen-bond donors (Lipinski definition) is 1. The average Bonchev–Trinajstić information content (AvgIpc) is 3.13. The fourth-order valence-corrected chi connectivity index (χ4v) is 2.36. The molecule has 0 heterocycles. The summed E-state index contributed by atoms with van der Waals surface area (Å²) >= 11 is 1.81. The quantitative estimate of drug-likeness (QED) is 0.758. The van der Waals surface area contributed by atoms with Gasteiger partial charge in [-0.1, -0.05) is 19.1 Å². The smallest absolute Gasteiger partial charge is 0.0107 e. The molecule has 1 nitrogen and oxygen atoms in total. The Morgan fingerprint density at radius 3 is 2.50 bits per heavy atom. The van der Waals surface area contributed by atoms with Crippen LogP contribution in [0.5, 0.6) is 0 Å². The molecule has 1 aromatic rings. The van der Waals surface area contributed by atoms with Crippen molar-refractivity contribution < 1.29 is 0 Å². The third-order valence-corrected chi connectivity index (χ3v) is 3.93. The van der Waals surface area contributed by atoms with Crippen LogP contribution in [0.2, 0.25) is 0 Å². The second kappa shape index (κ2) is 5.74. The number of benzene rings is 1. The summed E-state index contributed by atoms with van der Waals surface area (Å²) in [7, 11) is 0. The van der Waals surface area contributed by atoms with Crippen molar-refractivity contribution >= 4 is 11.8 Å². The number of thioether (sulfide) groups is 1. The van der Waals surface area contributed by atoms with E-state index in [4.69, 9.17) is 0 Å². The molecule has 1 aliphatic rings. The van der Waals surface area contributed by atoms with Gasteiger partial charge in [0.25, 0.3) is 0 Å². The van der Waals surface area contributed by atoms with Crippen LogP contribution in [0.3, 0.4) is 0 Å².